The average molecular weight is 222 g/mol. The Morgan fingerprint density at radius 1 is 1.50 bits per heavy atom. The molecule has 88 valence electrons. The lowest BCUT2D eigenvalue weighted by molar-refractivity contribution is -0.147. The first kappa shape index (κ1) is 11.2. The molecule has 1 aromatic rings. The number of nitrogens with zero attached hydrogens (tertiary/aromatic N) is 2. The molecule has 1 heterocycles. The predicted octanol–water partition coefficient (Wildman–Crippen LogP) is 2.03. The smallest absolute Gasteiger partial charge is 0.314 e. The van der Waals surface area contributed by atoms with Gasteiger partial charge in [0.05, 0.1) is 11.1 Å². The van der Waals surface area contributed by atoms with Crippen LogP contribution in [0.5, 0.6) is 0 Å². The molecule has 1 aromatic heterocycles. The Morgan fingerprint density at radius 3 is 2.44 bits per heavy atom. The van der Waals surface area contributed by atoms with Crippen LogP contribution in [0.3, 0.4) is 0 Å². The molecule has 0 bridgehead atoms. The zero-order chi connectivity index (χ0) is 11.9. The van der Waals surface area contributed by atoms with Crippen LogP contribution in [0.4, 0.5) is 0 Å². The molecule has 1 aliphatic rings. The molecule has 4 heteroatoms. The lowest BCUT2D eigenvalue weighted by atomic mass is 9.64. The van der Waals surface area contributed by atoms with Crippen molar-refractivity contribution in [1.82, 2.24) is 9.78 Å². The van der Waals surface area contributed by atoms with Gasteiger partial charge in [-0.1, -0.05) is 6.42 Å². The van der Waals surface area contributed by atoms with E-state index in [1.807, 2.05) is 25.5 Å². The van der Waals surface area contributed by atoms with Crippen molar-refractivity contribution >= 4 is 5.97 Å². The normalized spacial score (nSPS) is 18.2. The number of aromatic nitrogens is 2. The van der Waals surface area contributed by atoms with Crippen molar-refractivity contribution in [2.45, 2.75) is 52.0 Å². The Bertz CT molecular complexity index is 430. The molecule has 1 saturated carbocycles. The van der Waals surface area contributed by atoms with Crippen LogP contribution in [0.25, 0.3) is 0 Å². The van der Waals surface area contributed by atoms with Crippen LogP contribution in [0, 0.1) is 13.8 Å². The van der Waals surface area contributed by atoms with E-state index in [1.54, 1.807) is 0 Å². The van der Waals surface area contributed by atoms with Gasteiger partial charge in [-0.2, -0.15) is 5.10 Å². The van der Waals surface area contributed by atoms with Crippen molar-refractivity contribution in [3.05, 3.63) is 17.0 Å². The van der Waals surface area contributed by atoms with E-state index in [2.05, 4.69) is 5.10 Å². The minimum absolute atomic E-state index is 0.651. The van der Waals surface area contributed by atoms with Crippen molar-refractivity contribution in [2.75, 3.05) is 0 Å². The first-order valence-electron chi connectivity index (χ1n) is 5.81. The molecule has 1 aliphatic carbocycles. The van der Waals surface area contributed by atoms with Gasteiger partial charge in [0.1, 0.15) is 0 Å². The van der Waals surface area contributed by atoms with Gasteiger partial charge in [-0.3, -0.25) is 9.48 Å². The second kappa shape index (κ2) is 3.61. The summed E-state index contributed by atoms with van der Waals surface area (Å²) < 4.78 is 1.90. The van der Waals surface area contributed by atoms with Crippen molar-refractivity contribution in [1.29, 1.82) is 0 Å². The highest BCUT2D eigenvalue weighted by atomic mass is 16.4. The summed E-state index contributed by atoms with van der Waals surface area (Å²) in [6.45, 7) is 6.71. The summed E-state index contributed by atoms with van der Waals surface area (Å²) in [6.07, 6.45) is 2.50. The van der Waals surface area contributed by atoms with E-state index in [1.165, 1.54) is 0 Å². The van der Waals surface area contributed by atoms with Crippen LogP contribution >= 0.6 is 0 Å². The molecule has 2 rings (SSSR count). The molecule has 16 heavy (non-hydrogen) atoms. The fourth-order valence-electron chi connectivity index (χ4n) is 2.80. The zero-order valence-corrected chi connectivity index (χ0v) is 10.1. The lowest BCUT2D eigenvalue weighted by Gasteiger charge is -2.38. The van der Waals surface area contributed by atoms with E-state index in [-0.39, 0.29) is 0 Å². The molecule has 0 spiro atoms. The Morgan fingerprint density at radius 2 is 2.12 bits per heavy atom. The Kier molecular flexibility index (Phi) is 2.52. The highest BCUT2D eigenvalue weighted by molar-refractivity contribution is 5.83. The van der Waals surface area contributed by atoms with Gasteiger partial charge in [-0.15, -0.1) is 0 Å². The van der Waals surface area contributed by atoms with Crippen molar-refractivity contribution in [3.63, 3.8) is 0 Å². The van der Waals surface area contributed by atoms with E-state index >= 15 is 0 Å². The number of rotatable bonds is 3. The molecule has 4 nitrogen and oxygen atoms in total. The van der Waals surface area contributed by atoms with E-state index < -0.39 is 11.4 Å². The van der Waals surface area contributed by atoms with Gasteiger partial charge in [-0.05, 0) is 33.6 Å². The van der Waals surface area contributed by atoms with Crippen LogP contribution in [0.2, 0.25) is 0 Å². The maximum Gasteiger partial charge on any atom is 0.314 e. The van der Waals surface area contributed by atoms with Gasteiger partial charge in [0.2, 0.25) is 0 Å². The summed E-state index contributed by atoms with van der Waals surface area (Å²) in [5, 5.41) is 13.8. The first-order valence-corrected chi connectivity index (χ1v) is 5.81. The predicted molar refractivity (Wildman–Crippen MR) is 60.5 cm³/mol. The highest BCUT2D eigenvalue weighted by Gasteiger charge is 2.48. The fraction of sp³-hybridized carbons (Fsp3) is 0.667. The third-order valence-electron chi connectivity index (χ3n) is 3.78. The molecule has 1 fully saturated rings. The summed E-state index contributed by atoms with van der Waals surface area (Å²) in [6, 6.07) is 0. The molecule has 0 saturated heterocycles. The average Bonchev–Trinajstić information content (AvgIpc) is 2.43. The summed E-state index contributed by atoms with van der Waals surface area (Å²) >= 11 is 0. The number of carboxylic acids is 1. The van der Waals surface area contributed by atoms with Gasteiger partial charge in [0.15, 0.2) is 0 Å². The summed E-state index contributed by atoms with van der Waals surface area (Å²) in [4.78, 5) is 11.5. The van der Waals surface area contributed by atoms with Gasteiger partial charge in [-0.25, -0.2) is 0 Å². The van der Waals surface area contributed by atoms with Crippen molar-refractivity contribution < 1.29 is 9.90 Å². The van der Waals surface area contributed by atoms with E-state index in [9.17, 15) is 9.90 Å². The van der Waals surface area contributed by atoms with Crippen LogP contribution in [-0.2, 0) is 16.8 Å². The monoisotopic (exact) mass is 222 g/mol. The maximum absolute atomic E-state index is 11.5. The summed E-state index contributed by atoms with van der Waals surface area (Å²) in [7, 11) is 0. The molecule has 0 atom stereocenters. The second-order valence-corrected chi connectivity index (χ2v) is 4.60. The summed E-state index contributed by atoms with van der Waals surface area (Å²) in [5.41, 5.74) is 2.19. The van der Waals surface area contributed by atoms with E-state index in [0.717, 1.165) is 42.8 Å². The third-order valence-corrected chi connectivity index (χ3v) is 3.78. The number of aryl methyl sites for hydroxylation is 2. The van der Waals surface area contributed by atoms with Crippen molar-refractivity contribution in [3.8, 4) is 0 Å². The molecule has 0 aliphatic heterocycles. The van der Waals surface area contributed by atoms with E-state index in [4.69, 9.17) is 0 Å². The first-order chi connectivity index (χ1) is 7.53. The largest absolute Gasteiger partial charge is 0.481 e. The second-order valence-electron chi connectivity index (χ2n) is 4.60. The third kappa shape index (κ3) is 1.29. The fourth-order valence-corrected chi connectivity index (χ4v) is 2.80. The standard InChI is InChI=1S/C12H18N2O2/c1-4-14-9(3)10(8(2)13-14)12(11(15)16)6-5-7-12/h4-7H2,1-3H3,(H,15,16). The molecule has 0 aromatic carbocycles. The lowest BCUT2D eigenvalue weighted by Crippen LogP contribution is -2.43. The topological polar surface area (TPSA) is 55.1 Å². The van der Waals surface area contributed by atoms with Crippen LogP contribution in [-0.4, -0.2) is 20.9 Å². The minimum Gasteiger partial charge on any atom is -0.481 e. The van der Waals surface area contributed by atoms with E-state index in [0.29, 0.717) is 0 Å². The molecular formula is C12H18N2O2. The molecule has 0 unspecified atom stereocenters. The SMILES string of the molecule is CCn1nc(C)c(C2(C(=O)O)CCC2)c1C. The van der Waals surface area contributed by atoms with Gasteiger partial charge >= 0.3 is 5.97 Å². The Balaban J connectivity index is 2.54. The molecule has 0 radical (unpaired) electrons. The molecular weight excluding hydrogens is 204 g/mol. The van der Waals surface area contributed by atoms with Gasteiger partial charge in [0, 0.05) is 17.8 Å². The Hall–Kier alpha value is -1.32. The number of aliphatic carboxylic acids is 1. The minimum atomic E-state index is -0.694. The number of carboxylic acid groups (broad SMARTS) is 1. The van der Waals surface area contributed by atoms with Crippen LogP contribution in [0.15, 0.2) is 0 Å². The molecule has 0 amide bonds. The summed E-state index contributed by atoms with van der Waals surface area (Å²) in [5.74, 6) is -0.694. The van der Waals surface area contributed by atoms with Crippen LogP contribution in [0.1, 0.15) is 43.1 Å². The van der Waals surface area contributed by atoms with Gasteiger partial charge < -0.3 is 5.11 Å². The number of hydrogen-bond acceptors (Lipinski definition) is 2. The number of hydrogen-bond donors (Lipinski definition) is 1. The zero-order valence-electron chi connectivity index (χ0n) is 10.1. The Labute approximate surface area is 95.3 Å². The van der Waals surface area contributed by atoms with Crippen LogP contribution < -0.4 is 0 Å². The highest BCUT2D eigenvalue weighted by Crippen LogP contribution is 2.46. The maximum atomic E-state index is 11.5. The molecule has 1 N–H and O–H groups in total. The quantitative estimate of drug-likeness (QED) is 0.851. The number of carbonyl (C=O) groups is 1. The van der Waals surface area contributed by atoms with Crippen molar-refractivity contribution in [2.24, 2.45) is 0 Å². The van der Waals surface area contributed by atoms with Gasteiger partial charge in [0.25, 0.3) is 0 Å².